The van der Waals surface area contributed by atoms with Gasteiger partial charge in [-0.15, -0.1) is 0 Å². The van der Waals surface area contributed by atoms with Gasteiger partial charge in [-0.1, -0.05) is 18.9 Å². The summed E-state index contributed by atoms with van der Waals surface area (Å²) in [5, 5.41) is 0. The fraction of sp³-hybridized carbons (Fsp3) is 0.765. The fourth-order valence-corrected chi connectivity index (χ4v) is 5.27. The van der Waals surface area contributed by atoms with Gasteiger partial charge in [-0.2, -0.15) is 0 Å². The third-order valence-electron chi connectivity index (χ3n) is 6.26. The average molecular weight is 276 g/mol. The van der Waals surface area contributed by atoms with Crippen molar-refractivity contribution < 1.29 is 14.3 Å². The molecule has 110 valence electrons. The van der Waals surface area contributed by atoms with Gasteiger partial charge in [0.1, 0.15) is 0 Å². The first-order valence-corrected chi connectivity index (χ1v) is 7.77. The predicted molar refractivity (Wildman–Crippen MR) is 76.1 cm³/mol. The van der Waals surface area contributed by atoms with Crippen LogP contribution in [0.3, 0.4) is 0 Å². The molecule has 3 rings (SSSR count). The van der Waals surface area contributed by atoms with Crippen LogP contribution in [0.15, 0.2) is 11.1 Å². The van der Waals surface area contributed by atoms with Crippen molar-refractivity contribution in [3.8, 4) is 0 Å². The second-order valence-corrected chi connectivity index (χ2v) is 7.15. The van der Waals surface area contributed by atoms with Crippen molar-refractivity contribution in [3.63, 3.8) is 0 Å². The topological polar surface area (TPSA) is 43.4 Å². The lowest BCUT2D eigenvalue weighted by atomic mass is 9.50. The number of ketones is 1. The lowest BCUT2D eigenvalue weighted by Crippen LogP contribution is -2.50. The van der Waals surface area contributed by atoms with Crippen molar-refractivity contribution in [2.24, 2.45) is 16.7 Å². The van der Waals surface area contributed by atoms with Gasteiger partial charge in [-0.25, -0.2) is 0 Å². The van der Waals surface area contributed by atoms with Crippen LogP contribution < -0.4 is 0 Å². The lowest BCUT2D eigenvalue weighted by Gasteiger charge is -2.54. The lowest BCUT2D eigenvalue weighted by molar-refractivity contribution is -0.163. The molecule has 0 aromatic heterocycles. The Hall–Kier alpha value is -1.12. The van der Waals surface area contributed by atoms with E-state index in [-0.39, 0.29) is 16.8 Å². The molecule has 3 nitrogen and oxygen atoms in total. The van der Waals surface area contributed by atoms with Crippen molar-refractivity contribution in [1.29, 1.82) is 0 Å². The number of carbonyl (C=O) groups excluding carboxylic acids is 2. The Morgan fingerprint density at radius 2 is 1.95 bits per heavy atom. The van der Waals surface area contributed by atoms with Gasteiger partial charge < -0.3 is 4.74 Å². The van der Waals surface area contributed by atoms with Crippen LogP contribution >= 0.6 is 0 Å². The van der Waals surface area contributed by atoms with E-state index in [9.17, 15) is 9.59 Å². The summed E-state index contributed by atoms with van der Waals surface area (Å²) in [6, 6.07) is 0. The van der Waals surface area contributed by atoms with E-state index in [1.165, 1.54) is 12.7 Å². The highest BCUT2D eigenvalue weighted by atomic mass is 16.5. The maximum absolute atomic E-state index is 12.3. The first kappa shape index (κ1) is 13.8. The normalized spacial score (nSPS) is 40.4. The maximum atomic E-state index is 12.3. The molecule has 0 N–H and O–H groups in total. The minimum Gasteiger partial charge on any atom is -0.469 e. The van der Waals surface area contributed by atoms with Crippen molar-refractivity contribution in [2.75, 3.05) is 7.11 Å². The van der Waals surface area contributed by atoms with Gasteiger partial charge >= 0.3 is 5.97 Å². The molecule has 3 aliphatic rings. The molecule has 1 fully saturated rings. The van der Waals surface area contributed by atoms with Gasteiger partial charge in [0.2, 0.25) is 0 Å². The van der Waals surface area contributed by atoms with Crippen LogP contribution in [-0.4, -0.2) is 18.9 Å². The molecule has 0 bridgehead atoms. The van der Waals surface area contributed by atoms with E-state index in [1.54, 1.807) is 0 Å². The van der Waals surface area contributed by atoms with Crippen molar-refractivity contribution in [2.45, 2.75) is 58.8 Å². The minimum absolute atomic E-state index is 0.0287. The third-order valence-corrected chi connectivity index (χ3v) is 6.26. The summed E-state index contributed by atoms with van der Waals surface area (Å²) in [6.45, 7) is 4.36. The maximum Gasteiger partial charge on any atom is 0.311 e. The van der Waals surface area contributed by atoms with Crippen molar-refractivity contribution in [1.82, 2.24) is 0 Å². The first-order chi connectivity index (χ1) is 9.43. The van der Waals surface area contributed by atoms with E-state index in [1.807, 2.05) is 0 Å². The largest absolute Gasteiger partial charge is 0.469 e. The molecule has 0 aromatic carbocycles. The summed E-state index contributed by atoms with van der Waals surface area (Å²) in [7, 11) is 1.49. The van der Waals surface area contributed by atoms with Crippen LogP contribution in [0.1, 0.15) is 58.8 Å². The Morgan fingerprint density at radius 1 is 1.20 bits per heavy atom. The Bertz CT molecular complexity index is 504. The number of rotatable bonds is 1. The quantitative estimate of drug-likeness (QED) is 0.689. The number of fused-ring (bicyclic) bond motifs is 2. The first-order valence-electron chi connectivity index (χ1n) is 7.77. The molecular weight excluding hydrogens is 252 g/mol. The van der Waals surface area contributed by atoms with E-state index in [0.717, 1.165) is 44.1 Å². The van der Waals surface area contributed by atoms with Gasteiger partial charge in [0.25, 0.3) is 0 Å². The monoisotopic (exact) mass is 276 g/mol. The number of hydrogen-bond donors (Lipinski definition) is 0. The van der Waals surface area contributed by atoms with E-state index in [4.69, 9.17) is 4.74 Å². The molecule has 1 saturated carbocycles. The summed E-state index contributed by atoms with van der Waals surface area (Å²) in [4.78, 5) is 24.4. The molecule has 3 aliphatic carbocycles. The SMILES string of the molecule is COC(=O)[C@]1(C)CCC[C@]2(C)C3=C(CC[C@@H]12)C(=O)CC3. The van der Waals surface area contributed by atoms with Crippen LogP contribution in [0.2, 0.25) is 0 Å². The number of hydrogen-bond acceptors (Lipinski definition) is 3. The summed E-state index contributed by atoms with van der Waals surface area (Å²) in [6.07, 6.45) is 6.48. The fourth-order valence-electron chi connectivity index (χ4n) is 5.27. The van der Waals surface area contributed by atoms with Crippen LogP contribution in [-0.2, 0) is 14.3 Å². The zero-order chi connectivity index (χ0) is 14.5. The minimum atomic E-state index is -0.383. The summed E-state index contributed by atoms with van der Waals surface area (Å²) in [5.41, 5.74) is 2.11. The molecule has 0 aliphatic heterocycles. The van der Waals surface area contributed by atoms with Crippen LogP contribution in [0.5, 0.6) is 0 Å². The second kappa shape index (κ2) is 4.44. The Kier molecular flexibility index (Phi) is 3.07. The van der Waals surface area contributed by atoms with Gasteiger partial charge in [0.15, 0.2) is 5.78 Å². The van der Waals surface area contributed by atoms with E-state index >= 15 is 0 Å². The highest BCUT2D eigenvalue weighted by Gasteiger charge is 2.57. The van der Waals surface area contributed by atoms with Crippen LogP contribution in [0, 0.1) is 16.7 Å². The number of carbonyl (C=O) groups is 2. The molecule has 0 heterocycles. The van der Waals surface area contributed by atoms with Gasteiger partial charge in [-0.3, -0.25) is 9.59 Å². The number of allylic oxidation sites excluding steroid dienone is 2. The third kappa shape index (κ3) is 1.64. The molecule has 0 amide bonds. The second-order valence-electron chi connectivity index (χ2n) is 7.15. The molecule has 0 aromatic rings. The van der Waals surface area contributed by atoms with E-state index < -0.39 is 0 Å². The highest BCUT2D eigenvalue weighted by Crippen LogP contribution is 2.62. The number of Topliss-reactive ketones (excluding diaryl/α,β-unsaturated/α-hetero) is 1. The molecule has 3 atom stereocenters. The Morgan fingerprint density at radius 3 is 2.65 bits per heavy atom. The molecule has 0 unspecified atom stereocenters. The smallest absolute Gasteiger partial charge is 0.311 e. The van der Waals surface area contributed by atoms with Crippen LogP contribution in [0.25, 0.3) is 0 Å². The summed E-state index contributed by atoms with van der Waals surface area (Å²) in [5.74, 6) is 0.604. The van der Waals surface area contributed by atoms with E-state index in [0.29, 0.717) is 18.1 Å². The summed E-state index contributed by atoms with van der Waals surface area (Å²) >= 11 is 0. The zero-order valence-electron chi connectivity index (χ0n) is 12.8. The molecule has 0 spiro atoms. The van der Waals surface area contributed by atoms with Gasteiger partial charge in [-0.05, 0) is 55.9 Å². The van der Waals surface area contributed by atoms with Gasteiger partial charge in [0, 0.05) is 6.42 Å². The number of methoxy groups -OCH3 is 1. The van der Waals surface area contributed by atoms with E-state index in [2.05, 4.69) is 13.8 Å². The van der Waals surface area contributed by atoms with Crippen molar-refractivity contribution in [3.05, 3.63) is 11.1 Å². The number of esters is 1. The molecular formula is C17H24O3. The average Bonchev–Trinajstić information content (AvgIpc) is 2.80. The highest BCUT2D eigenvalue weighted by molar-refractivity contribution is 5.99. The molecule has 20 heavy (non-hydrogen) atoms. The van der Waals surface area contributed by atoms with Gasteiger partial charge in [0.05, 0.1) is 12.5 Å². The molecule has 0 saturated heterocycles. The predicted octanol–water partition coefficient (Wildman–Crippen LogP) is 3.43. The molecule has 3 heteroatoms. The Balaban J connectivity index is 2.04. The Labute approximate surface area is 120 Å². The van der Waals surface area contributed by atoms with Crippen LogP contribution in [0.4, 0.5) is 0 Å². The zero-order valence-corrected chi connectivity index (χ0v) is 12.8. The van der Waals surface area contributed by atoms with Crippen molar-refractivity contribution >= 4 is 11.8 Å². The number of ether oxygens (including phenoxy) is 1. The summed E-state index contributed by atoms with van der Waals surface area (Å²) < 4.78 is 5.10. The standard InChI is InChI=1S/C17H24O3/c1-16-9-4-10-17(2,15(19)20-3)14(16)8-5-11-12(16)6-7-13(11)18/h14H,4-10H2,1-3H3/t14-,16-,17-/m1/s1. The molecule has 0 radical (unpaired) electrons.